The standard InChI is InChI=1S/C24H25N5O2/c30-17-28-24(11-1-2-12-24)20-5-7-21(8-6-20)29(18-31)22-4-3-13-26-23(22)27-16-19-9-14-25-15-10-19/h3-10,13-15,17-18H,1-2,11-12,16H2,(H,26,27)(H,28,30). The zero-order valence-electron chi connectivity index (χ0n) is 17.2. The minimum absolute atomic E-state index is 0.308. The van der Waals surface area contributed by atoms with Crippen LogP contribution in [0.5, 0.6) is 0 Å². The summed E-state index contributed by atoms with van der Waals surface area (Å²) in [4.78, 5) is 33.2. The number of nitrogens with one attached hydrogen (secondary N) is 2. The average Bonchev–Trinajstić information content (AvgIpc) is 3.30. The van der Waals surface area contributed by atoms with E-state index in [1.165, 1.54) is 0 Å². The molecule has 2 heterocycles. The number of benzene rings is 1. The van der Waals surface area contributed by atoms with E-state index in [0.29, 0.717) is 18.1 Å². The lowest BCUT2D eigenvalue weighted by Crippen LogP contribution is -2.38. The molecule has 1 fully saturated rings. The molecule has 158 valence electrons. The Balaban J connectivity index is 1.58. The van der Waals surface area contributed by atoms with Crippen LogP contribution in [0.4, 0.5) is 17.2 Å². The Labute approximate surface area is 181 Å². The molecule has 2 N–H and O–H groups in total. The van der Waals surface area contributed by atoms with Gasteiger partial charge in [0.15, 0.2) is 5.82 Å². The van der Waals surface area contributed by atoms with Gasteiger partial charge in [-0.1, -0.05) is 25.0 Å². The smallest absolute Gasteiger partial charge is 0.218 e. The van der Waals surface area contributed by atoms with Crippen molar-refractivity contribution >= 4 is 30.0 Å². The van der Waals surface area contributed by atoms with Crippen LogP contribution in [0.3, 0.4) is 0 Å². The third-order valence-electron chi connectivity index (χ3n) is 5.85. The van der Waals surface area contributed by atoms with Crippen LogP contribution in [-0.4, -0.2) is 22.8 Å². The molecule has 0 atom stereocenters. The van der Waals surface area contributed by atoms with Crippen molar-refractivity contribution in [1.29, 1.82) is 0 Å². The van der Waals surface area contributed by atoms with Crippen molar-refractivity contribution in [2.75, 3.05) is 10.2 Å². The third-order valence-corrected chi connectivity index (χ3v) is 5.85. The second kappa shape index (κ2) is 9.38. The number of anilines is 3. The molecule has 31 heavy (non-hydrogen) atoms. The van der Waals surface area contributed by atoms with E-state index < -0.39 is 0 Å². The fourth-order valence-corrected chi connectivity index (χ4v) is 4.22. The van der Waals surface area contributed by atoms with Gasteiger partial charge in [-0.15, -0.1) is 0 Å². The number of aromatic nitrogens is 2. The first-order chi connectivity index (χ1) is 15.3. The number of hydrogen-bond donors (Lipinski definition) is 2. The molecule has 0 spiro atoms. The molecule has 4 rings (SSSR count). The Morgan fingerprint density at radius 3 is 2.39 bits per heavy atom. The molecule has 7 heteroatoms. The predicted octanol–water partition coefficient (Wildman–Crippen LogP) is 3.90. The SMILES string of the molecule is O=CNC1(c2ccc(N(C=O)c3cccnc3NCc3ccncc3)cc2)CCCC1. The first kappa shape index (κ1) is 20.5. The number of carbonyl (C=O) groups is 2. The zero-order valence-corrected chi connectivity index (χ0v) is 17.2. The predicted molar refractivity (Wildman–Crippen MR) is 120 cm³/mol. The molecule has 0 bridgehead atoms. The molecule has 1 aliphatic carbocycles. The minimum atomic E-state index is -0.308. The van der Waals surface area contributed by atoms with Crippen LogP contribution >= 0.6 is 0 Å². The Morgan fingerprint density at radius 1 is 0.968 bits per heavy atom. The summed E-state index contributed by atoms with van der Waals surface area (Å²) < 4.78 is 0. The highest BCUT2D eigenvalue weighted by Crippen LogP contribution is 2.39. The van der Waals surface area contributed by atoms with Crippen molar-refractivity contribution in [3.63, 3.8) is 0 Å². The molecule has 0 aliphatic heterocycles. The number of pyridine rings is 2. The summed E-state index contributed by atoms with van der Waals surface area (Å²) in [7, 11) is 0. The van der Waals surface area contributed by atoms with Crippen LogP contribution in [-0.2, 0) is 21.7 Å². The lowest BCUT2D eigenvalue weighted by Gasteiger charge is -2.29. The van der Waals surface area contributed by atoms with E-state index in [1.54, 1.807) is 29.6 Å². The molecule has 7 nitrogen and oxygen atoms in total. The summed E-state index contributed by atoms with van der Waals surface area (Å²) in [6, 6.07) is 15.3. The van der Waals surface area contributed by atoms with E-state index in [0.717, 1.165) is 55.3 Å². The highest BCUT2D eigenvalue weighted by Gasteiger charge is 2.35. The molecule has 0 saturated heterocycles. The van der Waals surface area contributed by atoms with Crippen molar-refractivity contribution in [1.82, 2.24) is 15.3 Å². The quantitative estimate of drug-likeness (QED) is 0.518. The van der Waals surface area contributed by atoms with Gasteiger partial charge in [-0.2, -0.15) is 0 Å². The van der Waals surface area contributed by atoms with Crippen molar-refractivity contribution in [3.05, 3.63) is 78.2 Å². The maximum Gasteiger partial charge on any atom is 0.218 e. The van der Waals surface area contributed by atoms with Crippen LogP contribution in [0.25, 0.3) is 0 Å². The Kier molecular flexibility index (Phi) is 6.21. The lowest BCUT2D eigenvalue weighted by molar-refractivity contribution is -0.111. The maximum absolute atomic E-state index is 12.0. The number of nitrogens with zero attached hydrogens (tertiary/aromatic N) is 3. The van der Waals surface area contributed by atoms with Crippen LogP contribution in [0.1, 0.15) is 36.8 Å². The van der Waals surface area contributed by atoms with Crippen molar-refractivity contribution in [2.24, 2.45) is 0 Å². The van der Waals surface area contributed by atoms with E-state index in [-0.39, 0.29) is 5.54 Å². The molecule has 0 radical (unpaired) electrons. The maximum atomic E-state index is 12.0. The van der Waals surface area contributed by atoms with Crippen molar-refractivity contribution < 1.29 is 9.59 Å². The van der Waals surface area contributed by atoms with Gasteiger partial charge in [0.25, 0.3) is 0 Å². The highest BCUT2D eigenvalue weighted by molar-refractivity contribution is 5.90. The molecule has 2 aromatic heterocycles. The van der Waals surface area contributed by atoms with Gasteiger partial charge in [0.1, 0.15) is 0 Å². The van der Waals surface area contributed by atoms with Gasteiger partial charge < -0.3 is 10.6 Å². The molecule has 3 aromatic rings. The molecule has 0 unspecified atom stereocenters. The summed E-state index contributed by atoms with van der Waals surface area (Å²) in [5.41, 5.74) is 3.23. The van der Waals surface area contributed by atoms with Gasteiger partial charge in [-0.3, -0.25) is 19.5 Å². The van der Waals surface area contributed by atoms with Crippen molar-refractivity contribution in [3.8, 4) is 0 Å². The van der Waals surface area contributed by atoms with Gasteiger partial charge in [0.2, 0.25) is 12.8 Å². The first-order valence-corrected chi connectivity index (χ1v) is 10.4. The molecule has 2 amide bonds. The van der Waals surface area contributed by atoms with Crippen molar-refractivity contribution in [2.45, 2.75) is 37.8 Å². The number of rotatable bonds is 9. The number of amides is 2. The van der Waals surface area contributed by atoms with E-state index in [4.69, 9.17) is 0 Å². The van der Waals surface area contributed by atoms with Gasteiger partial charge in [-0.25, -0.2) is 4.98 Å². The molecule has 1 saturated carbocycles. The van der Waals surface area contributed by atoms with Gasteiger partial charge in [0.05, 0.1) is 11.2 Å². The largest absolute Gasteiger partial charge is 0.364 e. The molecular weight excluding hydrogens is 390 g/mol. The normalized spacial score (nSPS) is 14.6. The summed E-state index contributed by atoms with van der Waals surface area (Å²) in [6.45, 7) is 0.568. The van der Waals surface area contributed by atoms with E-state index in [2.05, 4.69) is 20.6 Å². The second-order valence-electron chi connectivity index (χ2n) is 7.65. The number of hydrogen-bond acceptors (Lipinski definition) is 5. The minimum Gasteiger partial charge on any atom is -0.364 e. The Morgan fingerprint density at radius 2 is 1.71 bits per heavy atom. The Hall–Kier alpha value is -3.74. The fourth-order valence-electron chi connectivity index (χ4n) is 4.22. The summed E-state index contributed by atoms with van der Waals surface area (Å²) in [5.74, 6) is 0.616. The fraction of sp³-hybridized carbons (Fsp3) is 0.250. The van der Waals surface area contributed by atoms with Crippen LogP contribution < -0.4 is 15.5 Å². The summed E-state index contributed by atoms with van der Waals surface area (Å²) in [6.07, 6.45) is 10.8. The van der Waals surface area contributed by atoms with Gasteiger partial charge in [-0.05, 0) is 60.4 Å². The first-order valence-electron chi connectivity index (χ1n) is 10.4. The van der Waals surface area contributed by atoms with Gasteiger partial charge >= 0.3 is 0 Å². The van der Waals surface area contributed by atoms with Gasteiger partial charge in [0, 0.05) is 30.8 Å². The second-order valence-corrected chi connectivity index (χ2v) is 7.65. The summed E-state index contributed by atoms with van der Waals surface area (Å²) >= 11 is 0. The topological polar surface area (TPSA) is 87.2 Å². The molecule has 1 aromatic carbocycles. The average molecular weight is 415 g/mol. The Bertz CT molecular complexity index is 1020. The van der Waals surface area contributed by atoms with E-state index in [9.17, 15) is 9.59 Å². The number of carbonyl (C=O) groups excluding carboxylic acids is 2. The van der Waals surface area contributed by atoms with Crippen LogP contribution in [0.15, 0.2) is 67.1 Å². The van der Waals surface area contributed by atoms with Crippen LogP contribution in [0, 0.1) is 0 Å². The van der Waals surface area contributed by atoms with Crippen LogP contribution in [0.2, 0.25) is 0 Å². The van der Waals surface area contributed by atoms with E-state index >= 15 is 0 Å². The monoisotopic (exact) mass is 415 g/mol. The highest BCUT2D eigenvalue weighted by atomic mass is 16.1. The lowest BCUT2D eigenvalue weighted by atomic mass is 9.88. The van der Waals surface area contributed by atoms with E-state index in [1.807, 2.05) is 42.5 Å². The molecule has 1 aliphatic rings. The molecular formula is C24H25N5O2. The summed E-state index contributed by atoms with van der Waals surface area (Å²) in [5, 5.41) is 6.33. The zero-order chi connectivity index (χ0) is 21.5. The third kappa shape index (κ3) is 4.40.